The lowest BCUT2D eigenvalue weighted by Gasteiger charge is -2.47. The molecule has 126 valence electrons. The Balaban J connectivity index is 1.66. The maximum Gasteiger partial charge on any atom is 0.327 e. The van der Waals surface area contributed by atoms with E-state index in [1.807, 2.05) is 0 Å². The summed E-state index contributed by atoms with van der Waals surface area (Å²) in [4.78, 5) is 28.6. The number of urea groups is 1. The monoisotopic (exact) mass is 339 g/mol. The molecule has 1 unspecified atom stereocenters. The molecule has 2 fully saturated rings. The summed E-state index contributed by atoms with van der Waals surface area (Å²) in [6, 6.07) is 1.50. The third-order valence-corrected chi connectivity index (χ3v) is 5.13. The molecule has 2 aliphatic heterocycles. The van der Waals surface area contributed by atoms with Gasteiger partial charge in [-0.3, -0.25) is 9.69 Å². The third kappa shape index (κ3) is 3.18. The number of amides is 3. The summed E-state index contributed by atoms with van der Waals surface area (Å²) in [6.45, 7) is 6.19. The summed E-state index contributed by atoms with van der Waals surface area (Å²) in [5, 5.41) is 0. The molecule has 0 saturated carbocycles. The van der Waals surface area contributed by atoms with Gasteiger partial charge in [0.2, 0.25) is 11.8 Å². The Hall–Kier alpha value is -1.67. The summed E-state index contributed by atoms with van der Waals surface area (Å²) in [5.41, 5.74) is 0.0810. The molecular formula is C15H21N3O4S. The van der Waals surface area contributed by atoms with Gasteiger partial charge in [0.05, 0.1) is 26.4 Å². The first-order chi connectivity index (χ1) is 10.9. The zero-order chi connectivity index (χ0) is 16.6. The minimum atomic E-state index is -0.250. The Morgan fingerprint density at radius 1 is 1.48 bits per heavy atom. The van der Waals surface area contributed by atoms with E-state index in [1.54, 1.807) is 11.0 Å². The number of nitrogens with zero attached hydrogens (tertiary/aromatic N) is 3. The van der Waals surface area contributed by atoms with Crippen molar-refractivity contribution in [3.63, 3.8) is 0 Å². The Morgan fingerprint density at radius 2 is 2.26 bits per heavy atom. The molecule has 8 heteroatoms. The number of rotatable bonds is 5. The quantitative estimate of drug-likeness (QED) is 0.817. The molecule has 0 bridgehead atoms. The maximum absolute atomic E-state index is 12.6. The molecular weight excluding hydrogens is 318 g/mol. The second kappa shape index (κ2) is 6.09. The van der Waals surface area contributed by atoms with Crippen LogP contribution in [0, 0.1) is 5.41 Å². The van der Waals surface area contributed by atoms with Crippen molar-refractivity contribution in [2.24, 2.45) is 5.41 Å². The largest absolute Gasteiger partial charge is 0.480 e. The summed E-state index contributed by atoms with van der Waals surface area (Å²) in [7, 11) is 1.54. The number of carbonyl (C=O) groups excluding carboxylic acids is 2. The summed E-state index contributed by atoms with van der Waals surface area (Å²) in [6.07, 6.45) is 0.374. The Morgan fingerprint density at radius 3 is 2.83 bits per heavy atom. The summed E-state index contributed by atoms with van der Waals surface area (Å²) >= 11 is 1.24. The van der Waals surface area contributed by atoms with Gasteiger partial charge in [0, 0.05) is 35.9 Å². The van der Waals surface area contributed by atoms with E-state index in [2.05, 4.69) is 18.2 Å². The van der Waals surface area contributed by atoms with Crippen molar-refractivity contribution in [1.82, 2.24) is 14.2 Å². The van der Waals surface area contributed by atoms with Gasteiger partial charge in [-0.1, -0.05) is 13.8 Å². The van der Waals surface area contributed by atoms with Crippen molar-refractivity contribution >= 4 is 23.5 Å². The molecule has 7 nitrogen and oxygen atoms in total. The maximum atomic E-state index is 12.6. The number of aromatic nitrogens is 1. The molecule has 2 saturated heterocycles. The predicted molar refractivity (Wildman–Crippen MR) is 84.3 cm³/mol. The van der Waals surface area contributed by atoms with E-state index >= 15 is 0 Å². The highest BCUT2D eigenvalue weighted by Gasteiger charge is 2.43. The molecule has 0 radical (unpaired) electrons. The van der Waals surface area contributed by atoms with E-state index < -0.39 is 0 Å². The smallest absolute Gasteiger partial charge is 0.327 e. The number of hydrogen-bond donors (Lipinski definition) is 0. The molecule has 0 aliphatic carbocycles. The van der Waals surface area contributed by atoms with E-state index in [0.29, 0.717) is 32.0 Å². The fourth-order valence-electron chi connectivity index (χ4n) is 2.72. The lowest BCUT2D eigenvalue weighted by molar-refractivity contribution is -0.174. The molecule has 0 aromatic carbocycles. The minimum Gasteiger partial charge on any atom is -0.480 e. The van der Waals surface area contributed by atoms with Gasteiger partial charge >= 0.3 is 6.03 Å². The SMILES string of the molecule is COc1cc(CN2C(=O)CCN(CC3OCC3(C)C)C2=O)sn1. The zero-order valence-corrected chi connectivity index (χ0v) is 14.4. The second-order valence-corrected chi connectivity index (χ2v) is 7.47. The third-order valence-electron chi connectivity index (χ3n) is 4.37. The van der Waals surface area contributed by atoms with Crippen LogP contribution in [0.1, 0.15) is 25.1 Å². The number of methoxy groups -OCH3 is 1. The van der Waals surface area contributed by atoms with Crippen LogP contribution >= 0.6 is 11.5 Å². The Bertz CT molecular complexity index is 616. The van der Waals surface area contributed by atoms with Crippen molar-refractivity contribution in [1.29, 1.82) is 0 Å². The predicted octanol–water partition coefficient (Wildman–Crippen LogP) is 1.73. The molecule has 1 aromatic heterocycles. The van der Waals surface area contributed by atoms with Crippen LogP contribution < -0.4 is 4.74 Å². The van der Waals surface area contributed by atoms with E-state index in [9.17, 15) is 9.59 Å². The highest BCUT2D eigenvalue weighted by Crippen LogP contribution is 2.34. The second-order valence-electron chi connectivity index (χ2n) is 6.58. The van der Waals surface area contributed by atoms with Gasteiger partial charge in [0.15, 0.2) is 0 Å². The van der Waals surface area contributed by atoms with Gasteiger partial charge in [-0.2, -0.15) is 4.37 Å². The van der Waals surface area contributed by atoms with Crippen LogP contribution in [-0.2, 0) is 16.1 Å². The highest BCUT2D eigenvalue weighted by atomic mass is 32.1. The first kappa shape index (κ1) is 16.2. The van der Waals surface area contributed by atoms with Crippen molar-refractivity contribution in [2.45, 2.75) is 32.9 Å². The van der Waals surface area contributed by atoms with Crippen molar-refractivity contribution < 1.29 is 19.1 Å². The molecule has 0 spiro atoms. The van der Waals surface area contributed by atoms with Gasteiger partial charge in [0.1, 0.15) is 0 Å². The standard InChI is InChI=1S/C15H21N3O4S/c1-15(2)9-22-11(15)8-17-5-4-13(19)18(14(17)20)7-10-6-12(21-3)16-23-10/h6,11H,4-5,7-9H2,1-3H3. The first-order valence-electron chi connectivity index (χ1n) is 7.61. The molecule has 3 rings (SSSR count). The van der Waals surface area contributed by atoms with E-state index in [4.69, 9.17) is 9.47 Å². The highest BCUT2D eigenvalue weighted by molar-refractivity contribution is 7.05. The van der Waals surface area contributed by atoms with Gasteiger partial charge in [-0.25, -0.2) is 4.79 Å². The zero-order valence-electron chi connectivity index (χ0n) is 13.6. The van der Waals surface area contributed by atoms with E-state index in [0.717, 1.165) is 4.88 Å². The van der Waals surface area contributed by atoms with E-state index in [-0.39, 0.29) is 30.0 Å². The summed E-state index contributed by atoms with van der Waals surface area (Å²) < 4.78 is 14.7. The van der Waals surface area contributed by atoms with Gasteiger partial charge in [0.25, 0.3) is 0 Å². The van der Waals surface area contributed by atoms with Crippen molar-refractivity contribution in [2.75, 3.05) is 26.8 Å². The molecule has 3 amide bonds. The number of ether oxygens (including phenoxy) is 2. The van der Waals surface area contributed by atoms with E-state index in [1.165, 1.54) is 23.5 Å². The van der Waals surface area contributed by atoms with Crippen LogP contribution in [0.2, 0.25) is 0 Å². The average Bonchev–Trinajstić information content (AvgIpc) is 2.97. The Labute approximate surface area is 139 Å². The number of imide groups is 1. The van der Waals surface area contributed by atoms with Gasteiger partial charge in [-0.15, -0.1) is 0 Å². The van der Waals surface area contributed by atoms with Crippen LogP contribution in [0.5, 0.6) is 5.88 Å². The lowest BCUT2D eigenvalue weighted by atomic mass is 9.82. The van der Waals surface area contributed by atoms with Crippen LogP contribution in [0.25, 0.3) is 0 Å². The first-order valence-corrected chi connectivity index (χ1v) is 8.38. The molecule has 3 heterocycles. The van der Waals surface area contributed by atoms with Crippen LogP contribution in [0.4, 0.5) is 4.79 Å². The fourth-order valence-corrected chi connectivity index (χ4v) is 3.39. The Kier molecular flexibility index (Phi) is 4.29. The van der Waals surface area contributed by atoms with Crippen LogP contribution in [0.3, 0.4) is 0 Å². The molecule has 2 aliphatic rings. The summed E-state index contributed by atoms with van der Waals surface area (Å²) in [5.74, 6) is 0.357. The topological polar surface area (TPSA) is 72.0 Å². The van der Waals surface area contributed by atoms with Crippen molar-refractivity contribution in [3.8, 4) is 5.88 Å². The minimum absolute atomic E-state index is 0.0324. The normalized spacial score (nSPS) is 23.9. The van der Waals surface area contributed by atoms with Crippen molar-refractivity contribution in [3.05, 3.63) is 10.9 Å². The van der Waals surface area contributed by atoms with Gasteiger partial charge in [-0.05, 0) is 11.5 Å². The van der Waals surface area contributed by atoms with Crippen LogP contribution in [-0.4, -0.2) is 59.0 Å². The molecule has 1 aromatic rings. The molecule has 1 atom stereocenters. The number of carbonyl (C=O) groups is 2. The van der Waals surface area contributed by atoms with Gasteiger partial charge < -0.3 is 14.4 Å². The lowest BCUT2D eigenvalue weighted by Crippen LogP contribution is -2.59. The fraction of sp³-hybridized carbons (Fsp3) is 0.667. The average molecular weight is 339 g/mol. The molecule has 0 N–H and O–H groups in total. The number of hydrogen-bond acceptors (Lipinski definition) is 6. The molecule has 23 heavy (non-hydrogen) atoms. The van der Waals surface area contributed by atoms with Crippen LogP contribution in [0.15, 0.2) is 6.07 Å².